The summed E-state index contributed by atoms with van der Waals surface area (Å²) in [6.07, 6.45) is 3.94. The first-order valence-electron chi connectivity index (χ1n) is 4.92. The van der Waals surface area contributed by atoms with Crippen molar-refractivity contribution < 1.29 is 4.57 Å². The number of aryl methyl sites for hydroxylation is 1. The smallest absolute Gasteiger partial charge is 0.207 e. The van der Waals surface area contributed by atoms with Crippen LogP contribution >= 0.6 is 0 Å². The molecule has 5 heteroatoms. The van der Waals surface area contributed by atoms with Gasteiger partial charge in [0, 0.05) is 6.07 Å². The van der Waals surface area contributed by atoms with Gasteiger partial charge in [0.25, 0.3) is 0 Å². The fourth-order valence-electron chi connectivity index (χ4n) is 1.28. The van der Waals surface area contributed by atoms with Crippen LogP contribution in [0.25, 0.3) is 11.4 Å². The molecule has 5 nitrogen and oxygen atoms in total. The quantitative estimate of drug-likeness (QED) is 0.678. The molecule has 0 radical (unpaired) electrons. The van der Waals surface area contributed by atoms with Crippen molar-refractivity contribution in [1.82, 2.24) is 20.2 Å². The van der Waals surface area contributed by atoms with Crippen LogP contribution < -0.4 is 4.57 Å². The molecular weight excluding hydrogens is 190 g/mol. The summed E-state index contributed by atoms with van der Waals surface area (Å²) in [7, 11) is 1.97. The van der Waals surface area contributed by atoms with E-state index >= 15 is 0 Å². The van der Waals surface area contributed by atoms with E-state index in [1.807, 2.05) is 50.0 Å². The van der Waals surface area contributed by atoms with Crippen LogP contribution in [0.2, 0.25) is 0 Å². The van der Waals surface area contributed by atoms with E-state index in [4.69, 9.17) is 0 Å². The van der Waals surface area contributed by atoms with Crippen molar-refractivity contribution in [2.45, 2.75) is 19.9 Å². The molecule has 2 aromatic rings. The Bertz CT molecular complexity index is 460. The molecule has 0 bridgehead atoms. The lowest BCUT2D eigenvalue weighted by Crippen LogP contribution is -2.26. The second-order valence-electron chi connectivity index (χ2n) is 3.79. The molecular formula is C10H14N5+. The van der Waals surface area contributed by atoms with Crippen LogP contribution in [0.3, 0.4) is 0 Å². The minimum absolute atomic E-state index is 0.240. The van der Waals surface area contributed by atoms with Crippen LogP contribution in [-0.2, 0) is 7.05 Å². The van der Waals surface area contributed by atoms with Crippen molar-refractivity contribution in [2.24, 2.45) is 7.05 Å². The van der Waals surface area contributed by atoms with E-state index in [1.165, 1.54) is 0 Å². The summed E-state index contributed by atoms with van der Waals surface area (Å²) < 4.78 is 1.96. The monoisotopic (exact) mass is 204 g/mol. The molecule has 15 heavy (non-hydrogen) atoms. The van der Waals surface area contributed by atoms with Crippen LogP contribution in [0.1, 0.15) is 19.9 Å². The van der Waals surface area contributed by atoms with E-state index in [1.54, 1.807) is 4.80 Å². The maximum Gasteiger partial charge on any atom is 0.210 e. The Morgan fingerprint density at radius 1 is 1.40 bits per heavy atom. The van der Waals surface area contributed by atoms with Crippen molar-refractivity contribution in [3.8, 4) is 11.4 Å². The number of rotatable bonds is 2. The van der Waals surface area contributed by atoms with Gasteiger partial charge in [-0.1, -0.05) is 0 Å². The molecule has 0 saturated carbocycles. The van der Waals surface area contributed by atoms with Gasteiger partial charge in [-0.25, -0.2) is 4.57 Å². The zero-order chi connectivity index (χ0) is 10.8. The van der Waals surface area contributed by atoms with E-state index in [-0.39, 0.29) is 6.04 Å². The van der Waals surface area contributed by atoms with Gasteiger partial charge in [0.05, 0.1) is 11.6 Å². The summed E-state index contributed by atoms with van der Waals surface area (Å²) in [4.78, 5) is 1.61. The van der Waals surface area contributed by atoms with Gasteiger partial charge >= 0.3 is 0 Å². The molecule has 2 aromatic heterocycles. The molecule has 0 amide bonds. The Labute approximate surface area is 88.4 Å². The Kier molecular flexibility index (Phi) is 2.45. The van der Waals surface area contributed by atoms with E-state index < -0.39 is 0 Å². The highest BCUT2D eigenvalue weighted by atomic mass is 15.6. The molecule has 2 heterocycles. The molecule has 0 aliphatic carbocycles. The molecule has 0 unspecified atom stereocenters. The van der Waals surface area contributed by atoms with Crippen molar-refractivity contribution in [1.29, 1.82) is 0 Å². The van der Waals surface area contributed by atoms with E-state index in [9.17, 15) is 0 Å². The molecule has 78 valence electrons. The van der Waals surface area contributed by atoms with Crippen LogP contribution in [0.4, 0.5) is 0 Å². The van der Waals surface area contributed by atoms with E-state index in [0.29, 0.717) is 5.82 Å². The van der Waals surface area contributed by atoms with Crippen molar-refractivity contribution >= 4 is 0 Å². The van der Waals surface area contributed by atoms with Gasteiger partial charge in [-0.2, -0.15) is 4.80 Å². The molecule has 2 rings (SSSR count). The fraction of sp³-hybridized carbons (Fsp3) is 0.400. The first kappa shape index (κ1) is 9.76. The Balaban J connectivity index is 2.37. The van der Waals surface area contributed by atoms with Crippen molar-refractivity contribution in [3.63, 3.8) is 0 Å². The van der Waals surface area contributed by atoms with Gasteiger partial charge in [0.15, 0.2) is 12.4 Å². The maximum atomic E-state index is 4.30. The average molecular weight is 204 g/mol. The predicted octanol–water partition coefficient (Wildman–Crippen LogP) is 0.745. The number of hydrogen-bond donors (Lipinski definition) is 0. The van der Waals surface area contributed by atoms with Crippen LogP contribution in [0, 0.1) is 0 Å². The SMILES string of the molecule is CC(C)n1nnc(-c2ccc[n+](C)c2)n1. The Hall–Kier alpha value is -1.78. The van der Waals surface area contributed by atoms with Gasteiger partial charge in [0.2, 0.25) is 5.82 Å². The first-order valence-corrected chi connectivity index (χ1v) is 4.92. The van der Waals surface area contributed by atoms with Crippen molar-refractivity contribution in [3.05, 3.63) is 24.5 Å². The normalized spacial score (nSPS) is 10.9. The molecule has 0 spiro atoms. The number of hydrogen-bond acceptors (Lipinski definition) is 3. The summed E-state index contributed by atoms with van der Waals surface area (Å²) in [5.74, 6) is 0.667. The zero-order valence-corrected chi connectivity index (χ0v) is 9.12. The zero-order valence-electron chi connectivity index (χ0n) is 9.12. The lowest BCUT2D eigenvalue weighted by atomic mass is 10.3. The van der Waals surface area contributed by atoms with Crippen LogP contribution in [-0.4, -0.2) is 20.2 Å². The lowest BCUT2D eigenvalue weighted by Gasteiger charge is -1.98. The third-order valence-corrected chi connectivity index (χ3v) is 2.09. The van der Waals surface area contributed by atoms with Gasteiger partial charge in [-0.05, 0) is 25.1 Å². The van der Waals surface area contributed by atoms with Gasteiger partial charge < -0.3 is 0 Å². The van der Waals surface area contributed by atoms with Crippen LogP contribution in [0.5, 0.6) is 0 Å². The summed E-state index contributed by atoms with van der Waals surface area (Å²) in [5.41, 5.74) is 0.979. The van der Waals surface area contributed by atoms with Gasteiger partial charge in [-0.3, -0.25) is 0 Å². The van der Waals surface area contributed by atoms with Gasteiger partial charge in [0.1, 0.15) is 7.05 Å². The van der Waals surface area contributed by atoms with E-state index in [0.717, 1.165) is 5.56 Å². The highest BCUT2D eigenvalue weighted by Crippen LogP contribution is 2.11. The predicted molar refractivity (Wildman–Crippen MR) is 54.8 cm³/mol. The molecule has 0 saturated heterocycles. The highest BCUT2D eigenvalue weighted by molar-refractivity contribution is 5.50. The molecule has 0 aliphatic heterocycles. The number of tetrazole rings is 1. The first-order chi connectivity index (χ1) is 7.16. The largest absolute Gasteiger partial charge is 0.210 e. The summed E-state index contributed by atoms with van der Waals surface area (Å²) in [5, 5.41) is 12.3. The highest BCUT2D eigenvalue weighted by Gasteiger charge is 2.09. The third-order valence-electron chi connectivity index (χ3n) is 2.09. The fourth-order valence-corrected chi connectivity index (χ4v) is 1.28. The second-order valence-corrected chi connectivity index (χ2v) is 3.79. The molecule has 0 N–H and O–H groups in total. The minimum Gasteiger partial charge on any atom is -0.207 e. The lowest BCUT2D eigenvalue weighted by molar-refractivity contribution is -0.671. The topological polar surface area (TPSA) is 47.5 Å². The minimum atomic E-state index is 0.240. The maximum absolute atomic E-state index is 4.30. The summed E-state index contributed by atoms with van der Waals surface area (Å²) >= 11 is 0. The number of aromatic nitrogens is 5. The van der Waals surface area contributed by atoms with Gasteiger partial charge in [-0.15, -0.1) is 10.2 Å². The van der Waals surface area contributed by atoms with E-state index in [2.05, 4.69) is 15.4 Å². The average Bonchev–Trinajstić information content (AvgIpc) is 2.66. The van der Waals surface area contributed by atoms with Crippen molar-refractivity contribution in [2.75, 3.05) is 0 Å². The third kappa shape index (κ3) is 2.01. The van der Waals surface area contributed by atoms with Crippen LogP contribution in [0.15, 0.2) is 24.5 Å². The molecule has 0 fully saturated rings. The second kappa shape index (κ2) is 3.76. The molecule has 0 aromatic carbocycles. The number of nitrogens with zero attached hydrogens (tertiary/aromatic N) is 5. The Morgan fingerprint density at radius 2 is 2.20 bits per heavy atom. The number of pyridine rings is 1. The molecule has 0 aliphatic rings. The summed E-state index contributed by atoms with van der Waals surface area (Å²) in [6.45, 7) is 4.05. The molecule has 0 atom stereocenters. The standard InChI is InChI=1S/C10H14N5/c1-8(2)15-12-10(11-13-15)9-5-4-6-14(3)7-9/h4-8H,1-3H3/q+1. The Morgan fingerprint density at radius 3 is 2.80 bits per heavy atom. The summed E-state index contributed by atoms with van der Waals surface area (Å²) in [6, 6.07) is 4.18.